The van der Waals surface area contributed by atoms with Crippen molar-refractivity contribution in [2.24, 2.45) is 10.9 Å². The van der Waals surface area contributed by atoms with Gasteiger partial charge in [0.15, 0.2) is 0 Å². The molecule has 1 rings (SSSR count). The zero-order chi connectivity index (χ0) is 24.8. The normalized spacial score (nSPS) is 13.2. The Labute approximate surface area is 206 Å². The zero-order valence-corrected chi connectivity index (χ0v) is 22.3. The first-order valence-corrected chi connectivity index (χ1v) is 12.6. The van der Waals surface area contributed by atoms with Gasteiger partial charge in [-0.15, -0.1) is 0 Å². The SMILES string of the molecule is C=C(/C=N\C(C)=C/C)CNC(=C)c1cc(OCC(C)CCCC)cc(C(=C)S/C(C)=C\C)c1. The Hall–Kier alpha value is -2.46. The summed E-state index contributed by atoms with van der Waals surface area (Å²) in [5.41, 5.74) is 4.70. The third-order valence-corrected chi connectivity index (χ3v) is 6.29. The number of allylic oxidation sites excluding steroid dienone is 4. The van der Waals surface area contributed by atoms with Crippen molar-refractivity contribution < 1.29 is 4.74 Å². The molecule has 0 spiro atoms. The van der Waals surface area contributed by atoms with Crippen LogP contribution in [0.4, 0.5) is 0 Å². The van der Waals surface area contributed by atoms with Crippen molar-refractivity contribution in [3.8, 4) is 5.75 Å². The van der Waals surface area contributed by atoms with E-state index in [2.05, 4.69) is 69.0 Å². The van der Waals surface area contributed by atoms with Gasteiger partial charge in [0.2, 0.25) is 0 Å². The molecule has 1 aromatic rings. The molecule has 0 aromatic heterocycles. The molecule has 0 aliphatic carbocycles. The van der Waals surface area contributed by atoms with E-state index in [4.69, 9.17) is 4.74 Å². The van der Waals surface area contributed by atoms with Crippen LogP contribution >= 0.6 is 11.8 Å². The number of ether oxygens (including phenoxy) is 1. The van der Waals surface area contributed by atoms with Crippen LogP contribution in [0.3, 0.4) is 0 Å². The van der Waals surface area contributed by atoms with Crippen LogP contribution in [0, 0.1) is 5.92 Å². The number of aliphatic imine (C=N–C) groups is 1. The monoisotopic (exact) mass is 466 g/mol. The average molecular weight is 467 g/mol. The van der Waals surface area contributed by atoms with E-state index in [1.807, 2.05) is 32.9 Å². The third kappa shape index (κ3) is 11.3. The topological polar surface area (TPSA) is 33.6 Å². The van der Waals surface area contributed by atoms with Crippen LogP contribution in [0.15, 0.2) is 71.3 Å². The molecule has 180 valence electrons. The number of hydrogen-bond donors (Lipinski definition) is 1. The van der Waals surface area contributed by atoms with Crippen LogP contribution in [0.5, 0.6) is 5.75 Å². The lowest BCUT2D eigenvalue weighted by Crippen LogP contribution is -2.15. The predicted molar refractivity (Wildman–Crippen MR) is 151 cm³/mol. The summed E-state index contributed by atoms with van der Waals surface area (Å²) in [5, 5.41) is 3.37. The molecule has 33 heavy (non-hydrogen) atoms. The largest absolute Gasteiger partial charge is 0.493 e. The van der Waals surface area contributed by atoms with Gasteiger partial charge in [0.1, 0.15) is 5.75 Å². The van der Waals surface area contributed by atoms with Crippen LogP contribution in [-0.4, -0.2) is 19.4 Å². The van der Waals surface area contributed by atoms with Crippen molar-refractivity contribution in [2.45, 2.75) is 60.8 Å². The van der Waals surface area contributed by atoms with E-state index in [-0.39, 0.29) is 0 Å². The Morgan fingerprint density at radius 2 is 1.82 bits per heavy atom. The summed E-state index contributed by atoms with van der Waals surface area (Å²) in [5.74, 6) is 1.36. The fourth-order valence-electron chi connectivity index (χ4n) is 2.84. The minimum absolute atomic E-state index is 0.518. The molecule has 0 bridgehead atoms. The van der Waals surface area contributed by atoms with Gasteiger partial charge in [-0.25, -0.2) is 0 Å². The Bertz CT molecular complexity index is 908. The number of nitrogens with one attached hydrogen (secondary N) is 1. The van der Waals surface area contributed by atoms with Crippen LogP contribution < -0.4 is 10.1 Å². The summed E-state index contributed by atoms with van der Waals surface area (Å²) < 4.78 is 6.20. The second-order valence-corrected chi connectivity index (χ2v) is 9.75. The fraction of sp³-hybridized carbons (Fsp3) is 0.414. The van der Waals surface area contributed by atoms with E-state index >= 15 is 0 Å². The molecule has 1 atom stereocenters. The van der Waals surface area contributed by atoms with E-state index in [1.54, 1.807) is 18.0 Å². The van der Waals surface area contributed by atoms with E-state index < -0.39 is 0 Å². The highest BCUT2D eigenvalue weighted by molar-refractivity contribution is 8.11. The van der Waals surface area contributed by atoms with Crippen LogP contribution in [0.25, 0.3) is 10.6 Å². The molecule has 4 heteroatoms. The zero-order valence-electron chi connectivity index (χ0n) is 21.5. The van der Waals surface area contributed by atoms with Crippen LogP contribution in [-0.2, 0) is 0 Å². The number of benzene rings is 1. The van der Waals surface area contributed by atoms with Gasteiger partial charge >= 0.3 is 0 Å². The molecule has 3 nitrogen and oxygen atoms in total. The summed E-state index contributed by atoms with van der Waals surface area (Å²) in [6, 6.07) is 6.24. The maximum Gasteiger partial charge on any atom is 0.120 e. The highest BCUT2D eigenvalue weighted by Gasteiger charge is 2.10. The van der Waals surface area contributed by atoms with Gasteiger partial charge in [-0.05, 0) is 74.3 Å². The summed E-state index contributed by atoms with van der Waals surface area (Å²) in [4.78, 5) is 6.57. The molecular formula is C29H42N2OS. The predicted octanol–water partition coefficient (Wildman–Crippen LogP) is 8.63. The summed E-state index contributed by atoms with van der Waals surface area (Å²) in [6.07, 6.45) is 9.46. The van der Waals surface area contributed by atoms with Gasteiger partial charge in [-0.2, -0.15) is 0 Å². The molecule has 1 aromatic carbocycles. The quantitative estimate of drug-likeness (QED) is 0.263. The number of rotatable bonds is 15. The molecule has 0 fully saturated rings. The van der Waals surface area contributed by atoms with Gasteiger partial charge in [0.05, 0.1) is 6.61 Å². The van der Waals surface area contributed by atoms with Gasteiger partial charge in [0, 0.05) is 34.6 Å². The highest BCUT2D eigenvalue weighted by Crippen LogP contribution is 2.35. The van der Waals surface area contributed by atoms with E-state index in [0.29, 0.717) is 19.1 Å². The Morgan fingerprint density at radius 3 is 2.45 bits per heavy atom. The number of thioether (sulfide) groups is 1. The average Bonchev–Trinajstić information content (AvgIpc) is 2.82. The lowest BCUT2D eigenvalue weighted by molar-refractivity contribution is 0.249. The van der Waals surface area contributed by atoms with Crippen molar-refractivity contribution >= 4 is 28.6 Å². The van der Waals surface area contributed by atoms with Crippen molar-refractivity contribution in [2.75, 3.05) is 13.2 Å². The number of nitrogens with zero attached hydrogens (tertiary/aromatic N) is 1. The minimum atomic E-state index is 0.518. The second kappa shape index (κ2) is 15.4. The third-order valence-electron chi connectivity index (χ3n) is 5.25. The molecule has 0 saturated carbocycles. The van der Waals surface area contributed by atoms with E-state index in [1.165, 1.54) is 24.2 Å². The smallest absolute Gasteiger partial charge is 0.120 e. The van der Waals surface area contributed by atoms with E-state index in [9.17, 15) is 0 Å². The van der Waals surface area contributed by atoms with Gasteiger partial charge < -0.3 is 10.1 Å². The van der Waals surface area contributed by atoms with Crippen molar-refractivity contribution in [3.63, 3.8) is 0 Å². The van der Waals surface area contributed by atoms with Gasteiger partial charge in [-0.1, -0.05) is 70.3 Å². The van der Waals surface area contributed by atoms with Crippen LogP contribution in [0.2, 0.25) is 0 Å². The maximum atomic E-state index is 6.20. The highest BCUT2D eigenvalue weighted by atomic mass is 32.2. The van der Waals surface area contributed by atoms with Crippen molar-refractivity contribution in [1.82, 2.24) is 5.32 Å². The minimum Gasteiger partial charge on any atom is -0.493 e. The van der Waals surface area contributed by atoms with Gasteiger partial charge in [-0.3, -0.25) is 4.99 Å². The number of hydrogen-bond acceptors (Lipinski definition) is 4. The molecule has 1 unspecified atom stereocenters. The molecule has 0 saturated heterocycles. The van der Waals surface area contributed by atoms with Crippen LogP contribution in [0.1, 0.15) is 71.9 Å². The molecule has 1 N–H and O–H groups in total. The summed E-state index contributed by atoms with van der Waals surface area (Å²) >= 11 is 1.67. The Kier molecular flexibility index (Phi) is 13.3. The molecule has 0 radical (unpaired) electrons. The molecule has 0 amide bonds. The lowest BCUT2D eigenvalue weighted by atomic mass is 10.1. The van der Waals surface area contributed by atoms with E-state index in [0.717, 1.165) is 38.7 Å². The molecule has 0 aliphatic rings. The summed E-state index contributed by atoms with van der Waals surface area (Å²) in [7, 11) is 0. The lowest BCUT2D eigenvalue weighted by Gasteiger charge is -2.17. The molecule has 0 aliphatic heterocycles. The maximum absolute atomic E-state index is 6.20. The second-order valence-electron chi connectivity index (χ2n) is 8.41. The standard InChI is InChI=1S/C29H42N2OS/c1-10-13-14-21(4)20-32-29-16-27(15-28(17-29)26(9)33-24(7)12-3)25(8)31-19-22(5)18-30-23(6)11-2/h11-12,15-18,21,31H,5,8-10,13-14,19-20H2,1-4,6-7H3/b23-11-,24-12-,30-18-. The number of unbranched alkanes of at least 4 members (excludes halogenated alkanes) is 1. The summed E-state index contributed by atoms with van der Waals surface area (Å²) in [6.45, 7) is 26.4. The Morgan fingerprint density at radius 1 is 1.12 bits per heavy atom. The first-order valence-electron chi connectivity index (χ1n) is 11.8. The van der Waals surface area contributed by atoms with Crippen molar-refractivity contribution in [1.29, 1.82) is 0 Å². The Balaban J connectivity index is 3.01. The van der Waals surface area contributed by atoms with Crippen molar-refractivity contribution in [3.05, 3.63) is 77.4 Å². The molecular weight excluding hydrogens is 424 g/mol. The van der Waals surface area contributed by atoms with Gasteiger partial charge in [0.25, 0.3) is 0 Å². The fourth-order valence-corrected chi connectivity index (χ4v) is 3.58. The first kappa shape index (κ1) is 28.6. The molecule has 0 heterocycles. The first-order chi connectivity index (χ1) is 15.7.